The van der Waals surface area contributed by atoms with Crippen molar-refractivity contribution in [2.24, 2.45) is 0 Å². The van der Waals surface area contributed by atoms with Crippen LogP contribution in [0.15, 0.2) is 30.4 Å². The van der Waals surface area contributed by atoms with Crippen molar-refractivity contribution in [3.8, 4) is 11.5 Å². The van der Waals surface area contributed by atoms with E-state index in [-0.39, 0.29) is 12.3 Å². The van der Waals surface area contributed by atoms with Gasteiger partial charge in [-0.25, -0.2) is 0 Å². The van der Waals surface area contributed by atoms with Crippen molar-refractivity contribution >= 4 is 5.69 Å². The van der Waals surface area contributed by atoms with E-state index >= 15 is 0 Å². The smallest absolute Gasteiger partial charge is 0.273 e. The van der Waals surface area contributed by atoms with Crippen molar-refractivity contribution in [2.75, 3.05) is 26.8 Å². The Bertz CT molecular complexity index is 474. The van der Waals surface area contributed by atoms with Gasteiger partial charge in [0.2, 0.25) is 0 Å². The summed E-state index contributed by atoms with van der Waals surface area (Å²) in [5, 5.41) is 14.0. The van der Waals surface area contributed by atoms with Gasteiger partial charge < -0.3 is 14.8 Å². The molecule has 20 heavy (non-hydrogen) atoms. The lowest BCUT2D eigenvalue weighted by Gasteiger charge is -2.12. The van der Waals surface area contributed by atoms with Crippen LogP contribution in [0.1, 0.15) is 13.3 Å². The van der Waals surface area contributed by atoms with E-state index in [0.717, 1.165) is 18.5 Å². The van der Waals surface area contributed by atoms with Gasteiger partial charge in [-0.3, -0.25) is 10.1 Å². The Balaban J connectivity index is 2.63. The highest BCUT2D eigenvalue weighted by atomic mass is 16.6. The third-order valence-corrected chi connectivity index (χ3v) is 2.59. The minimum atomic E-state index is -0.468. The van der Waals surface area contributed by atoms with Gasteiger partial charge in [-0.15, -0.1) is 0 Å². The summed E-state index contributed by atoms with van der Waals surface area (Å²) in [4.78, 5) is 10.3. The number of nitro groups is 1. The molecule has 0 aliphatic rings. The molecule has 0 fully saturated rings. The van der Waals surface area contributed by atoms with E-state index in [2.05, 4.69) is 18.8 Å². The molecule has 1 aromatic rings. The van der Waals surface area contributed by atoms with E-state index in [1.165, 1.54) is 25.3 Å². The molecule has 6 nitrogen and oxygen atoms in total. The predicted molar refractivity (Wildman–Crippen MR) is 77.4 cm³/mol. The van der Waals surface area contributed by atoms with Crippen molar-refractivity contribution in [2.45, 2.75) is 13.3 Å². The maximum atomic E-state index is 10.7. The van der Waals surface area contributed by atoms with Crippen molar-refractivity contribution in [1.29, 1.82) is 0 Å². The van der Waals surface area contributed by atoms with Gasteiger partial charge >= 0.3 is 0 Å². The number of nitro benzene ring substituents is 1. The largest absolute Gasteiger partial charge is 0.493 e. The zero-order valence-corrected chi connectivity index (χ0v) is 11.8. The van der Waals surface area contributed by atoms with Crippen LogP contribution in [-0.2, 0) is 0 Å². The highest BCUT2D eigenvalue weighted by Gasteiger charge is 2.12. The van der Waals surface area contributed by atoms with Gasteiger partial charge in [-0.05, 0) is 24.6 Å². The standard InChI is InChI=1S/C14H20N2O4/c1-4-7-15-9-11(2)10-20-14-8-12(16(17)18)5-6-13(14)19-3/h5-6,8,15H,2,4,7,9-10H2,1,3H3. The van der Waals surface area contributed by atoms with E-state index in [9.17, 15) is 10.1 Å². The maximum Gasteiger partial charge on any atom is 0.273 e. The number of methoxy groups -OCH3 is 1. The third-order valence-electron chi connectivity index (χ3n) is 2.59. The van der Waals surface area contributed by atoms with E-state index in [1.54, 1.807) is 0 Å². The first-order valence-electron chi connectivity index (χ1n) is 6.41. The van der Waals surface area contributed by atoms with Crippen LogP contribution >= 0.6 is 0 Å². The molecule has 1 rings (SSSR count). The minimum Gasteiger partial charge on any atom is -0.493 e. The molecule has 1 N–H and O–H groups in total. The second kappa shape index (κ2) is 8.16. The summed E-state index contributed by atoms with van der Waals surface area (Å²) in [6.07, 6.45) is 1.05. The maximum absolute atomic E-state index is 10.7. The molecule has 0 saturated carbocycles. The number of ether oxygens (including phenoxy) is 2. The molecule has 110 valence electrons. The zero-order valence-electron chi connectivity index (χ0n) is 11.8. The molecule has 0 spiro atoms. The highest BCUT2D eigenvalue weighted by Crippen LogP contribution is 2.31. The molecule has 0 atom stereocenters. The molecule has 0 aliphatic heterocycles. The average molecular weight is 280 g/mol. The molecule has 0 bridgehead atoms. The summed E-state index contributed by atoms with van der Waals surface area (Å²) >= 11 is 0. The molecule has 0 heterocycles. The van der Waals surface area contributed by atoms with Gasteiger partial charge in [-0.2, -0.15) is 0 Å². The van der Waals surface area contributed by atoms with Gasteiger partial charge in [-0.1, -0.05) is 13.5 Å². The molecule has 1 aromatic carbocycles. The Hall–Kier alpha value is -2.08. The topological polar surface area (TPSA) is 73.6 Å². The number of nitrogens with one attached hydrogen (secondary N) is 1. The molecule has 0 unspecified atom stereocenters. The SMILES string of the molecule is C=C(CNCCC)COc1cc([N+](=O)[O-])ccc1OC. The molecular weight excluding hydrogens is 260 g/mol. The molecule has 0 saturated heterocycles. The van der Waals surface area contributed by atoms with Gasteiger partial charge in [0.15, 0.2) is 11.5 Å². The molecule has 6 heteroatoms. The predicted octanol–water partition coefficient (Wildman–Crippen LogP) is 2.54. The fraction of sp³-hybridized carbons (Fsp3) is 0.429. The number of non-ortho nitro benzene ring substituents is 1. The molecule has 0 radical (unpaired) electrons. The first kappa shape index (κ1) is 16.0. The Kier molecular flexibility index (Phi) is 6.52. The summed E-state index contributed by atoms with van der Waals surface area (Å²) in [6, 6.07) is 4.25. The second-order valence-electron chi connectivity index (χ2n) is 4.31. The summed E-state index contributed by atoms with van der Waals surface area (Å²) in [5.41, 5.74) is 0.836. The van der Waals surface area contributed by atoms with E-state index in [1.807, 2.05) is 0 Å². The summed E-state index contributed by atoms with van der Waals surface area (Å²) in [6.45, 7) is 7.84. The number of benzene rings is 1. The number of hydrogen-bond donors (Lipinski definition) is 1. The van der Waals surface area contributed by atoms with Gasteiger partial charge in [0.1, 0.15) is 6.61 Å². The van der Waals surface area contributed by atoms with Crippen LogP contribution < -0.4 is 14.8 Å². The van der Waals surface area contributed by atoms with Crippen LogP contribution in [0.25, 0.3) is 0 Å². The summed E-state index contributed by atoms with van der Waals surface area (Å²) in [5.74, 6) is 0.809. The monoisotopic (exact) mass is 280 g/mol. The average Bonchev–Trinajstić information content (AvgIpc) is 2.45. The van der Waals surface area contributed by atoms with Crippen molar-refractivity contribution < 1.29 is 14.4 Å². The normalized spacial score (nSPS) is 10.1. The first-order chi connectivity index (χ1) is 9.58. The fourth-order valence-electron chi connectivity index (χ4n) is 1.56. The van der Waals surface area contributed by atoms with E-state index in [0.29, 0.717) is 18.0 Å². The molecule has 0 aliphatic carbocycles. The Labute approximate surface area is 118 Å². The van der Waals surface area contributed by atoms with Crippen LogP contribution in [0.4, 0.5) is 5.69 Å². The third kappa shape index (κ3) is 4.89. The highest BCUT2D eigenvalue weighted by molar-refractivity contribution is 5.48. The van der Waals surface area contributed by atoms with E-state index < -0.39 is 4.92 Å². The quantitative estimate of drug-likeness (QED) is 0.326. The molecule has 0 amide bonds. The lowest BCUT2D eigenvalue weighted by Crippen LogP contribution is -2.20. The summed E-state index contributed by atoms with van der Waals surface area (Å²) < 4.78 is 10.7. The van der Waals surface area contributed by atoms with Crippen LogP contribution in [0.3, 0.4) is 0 Å². The Morgan fingerprint density at radius 2 is 2.20 bits per heavy atom. The Morgan fingerprint density at radius 3 is 2.80 bits per heavy atom. The second-order valence-corrected chi connectivity index (χ2v) is 4.31. The van der Waals surface area contributed by atoms with Crippen LogP contribution in [0, 0.1) is 10.1 Å². The van der Waals surface area contributed by atoms with E-state index in [4.69, 9.17) is 9.47 Å². The van der Waals surface area contributed by atoms with Gasteiger partial charge in [0, 0.05) is 12.6 Å². The van der Waals surface area contributed by atoms with Crippen LogP contribution in [0.5, 0.6) is 11.5 Å². The van der Waals surface area contributed by atoms with Crippen molar-refractivity contribution in [3.05, 3.63) is 40.5 Å². The summed E-state index contributed by atoms with van der Waals surface area (Å²) in [7, 11) is 1.49. The van der Waals surface area contributed by atoms with Gasteiger partial charge in [0.05, 0.1) is 18.1 Å². The zero-order chi connectivity index (χ0) is 15.0. The fourth-order valence-corrected chi connectivity index (χ4v) is 1.56. The number of rotatable bonds is 9. The van der Waals surface area contributed by atoms with Crippen LogP contribution in [0.2, 0.25) is 0 Å². The minimum absolute atomic E-state index is 0.0319. The lowest BCUT2D eigenvalue weighted by molar-refractivity contribution is -0.385. The molecular formula is C14H20N2O4. The van der Waals surface area contributed by atoms with Gasteiger partial charge in [0.25, 0.3) is 5.69 Å². The van der Waals surface area contributed by atoms with Crippen molar-refractivity contribution in [1.82, 2.24) is 5.32 Å². The first-order valence-corrected chi connectivity index (χ1v) is 6.41. The Morgan fingerprint density at radius 1 is 1.45 bits per heavy atom. The van der Waals surface area contributed by atoms with Crippen LogP contribution in [-0.4, -0.2) is 31.7 Å². The van der Waals surface area contributed by atoms with Crippen molar-refractivity contribution in [3.63, 3.8) is 0 Å². The number of nitrogens with zero attached hydrogens (tertiary/aromatic N) is 1. The lowest BCUT2D eigenvalue weighted by atomic mass is 10.2. The number of hydrogen-bond acceptors (Lipinski definition) is 5. The molecule has 0 aromatic heterocycles.